The van der Waals surface area contributed by atoms with Crippen LogP contribution in [0.3, 0.4) is 0 Å². The van der Waals surface area contributed by atoms with Gasteiger partial charge in [0.25, 0.3) is 0 Å². The lowest BCUT2D eigenvalue weighted by Crippen LogP contribution is -1.79. The molecule has 15 heavy (non-hydrogen) atoms. The molecule has 0 atom stereocenters. The number of para-hydroxylation sites is 1. The van der Waals surface area contributed by atoms with Crippen molar-refractivity contribution in [1.29, 1.82) is 0 Å². The van der Waals surface area contributed by atoms with Crippen LogP contribution in [0.15, 0.2) is 46.9 Å². The molecule has 1 heterocycles. The second-order valence-corrected chi connectivity index (χ2v) is 4.29. The summed E-state index contributed by atoms with van der Waals surface area (Å²) in [7, 11) is 0. The summed E-state index contributed by atoms with van der Waals surface area (Å²) in [5.41, 5.74) is 1.21. The van der Waals surface area contributed by atoms with Crippen LogP contribution in [-0.4, -0.2) is 4.79 Å². The Morgan fingerprint density at radius 3 is 2.53 bits per heavy atom. The predicted molar refractivity (Wildman–Crippen MR) is 63.7 cm³/mol. The van der Waals surface area contributed by atoms with Crippen molar-refractivity contribution in [2.24, 2.45) is 0 Å². The normalized spacial score (nSPS) is 11.3. The van der Waals surface area contributed by atoms with E-state index < -0.39 is 0 Å². The molecule has 0 aliphatic carbocycles. The number of rotatable bonds is 0. The second kappa shape index (κ2) is 3.07. The van der Waals surface area contributed by atoms with Crippen molar-refractivity contribution in [1.82, 2.24) is 4.79 Å². The molecule has 0 fully saturated rings. The summed E-state index contributed by atoms with van der Waals surface area (Å²) in [6.07, 6.45) is 0. The molecule has 3 heteroatoms. The van der Waals surface area contributed by atoms with Crippen molar-refractivity contribution in [2.75, 3.05) is 0 Å². The molecule has 0 saturated heterocycles. The number of aromatic nitrogens is 1. The average molecular weight is 264 g/mol. The Morgan fingerprint density at radius 2 is 1.67 bits per heavy atom. The highest BCUT2D eigenvalue weighted by atomic mass is 79.9. The Hall–Kier alpha value is -1.35. The van der Waals surface area contributed by atoms with Crippen LogP contribution >= 0.6 is 15.9 Å². The van der Waals surface area contributed by atoms with E-state index in [2.05, 4.69) is 15.9 Å². The number of hydrogen-bond acceptors (Lipinski definition) is 0. The molecule has 0 aliphatic heterocycles. The van der Waals surface area contributed by atoms with E-state index in [1.54, 1.807) is 12.1 Å². The van der Waals surface area contributed by atoms with E-state index in [1.165, 1.54) is 0 Å². The number of nitrogens with zero attached hydrogens (tertiary/aromatic N) is 1. The largest absolute Gasteiger partial charge is 0.178 e. The number of benzene rings is 2. The fourth-order valence-corrected chi connectivity index (χ4v) is 2.50. The molecule has 1 aromatic heterocycles. The van der Waals surface area contributed by atoms with Crippen LogP contribution in [0.2, 0.25) is 0 Å². The summed E-state index contributed by atoms with van der Waals surface area (Å²) < 4.78 is 14.8. The topological polar surface area (TPSA) is 4.93 Å². The number of halogens is 2. The number of hydrogen-bond donors (Lipinski definition) is 0. The summed E-state index contributed by atoms with van der Waals surface area (Å²) in [6.45, 7) is 0. The van der Waals surface area contributed by atoms with E-state index in [4.69, 9.17) is 0 Å². The summed E-state index contributed by atoms with van der Waals surface area (Å²) in [5.74, 6) is 0. The minimum Gasteiger partial charge on any atom is -0.178 e. The molecule has 3 rings (SSSR count). The Morgan fingerprint density at radius 1 is 0.933 bits per heavy atom. The van der Waals surface area contributed by atoms with Gasteiger partial charge in [-0.15, -0.1) is 0 Å². The highest BCUT2D eigenvalue weighted by Crippen LogP contribution is 2.33. The van der Waals surface area contributed by atoms with Crippen LogP contribution in [0, 0.1) is 0 Å². The highest BCUT2D eigenvalue weighted by Gasteiger charge is 2.11. The molecule has 0 radical (unpaired) electrons. The van der Waals surface area contributed by atoms with Gasteiger partial charge in [-0.2, -0.15) is 4.79 Å². The van der Waals surface area contributed by atoms with Crippen molar-refractivity contribution in [2.45, 2.75) is 0 Å². The van der Waals surface area contributed by atoms with Crippen LogP contribution in [0.1, 0.15) is 0 Å². The SMILES string of the molecule is Fn1c2ccccc2c2c(Br)cccc21. The van der Waals surface area contributed by atoms with Crippen molar-refractivity contribution in [3.8, 4) is 0 Å². The van der Waals surface area contributed by atoms with Gasteiger partial charge in [0.15, 0.2) is 0 Å². The third-order valence-corrected chi connectivity index (χ3v) is 3.25. The maximum atomic E-state index is 13.9. The Labute approximate surface area is 94.2 Å². The fourth-order valence-electron chi connectivity index (χ4n) is 1.93. The zero-order valence-electron chi connectivity index (χ0n) is 7.74. The van der Waals surface area contributed by atoms with Gasteiger partial charge in [-0.25, -0.2) is 0 Å². The van der Waals surface area contributed by atoms with E-state index >= 15 is 0 Å². The summed E-state index contributed by atoms with van der Waals surface area (Å²) in [6, 6.07) is 13.0. The minimum atomic E-state index is 0.602. The molecular weight excluding hydrogens is 257 g/mol. The third-order valence-electron chi connectivity index (χ3n) is 2.59. The van der Waals surface area contributed by atoms with E-state index in [9.17, 15) is 4.48 Å². The molecule has 0 bridgehead atoms. The van der Waals surface area contributed by atoms with E-state index in [1.807, 2.05) is 30.3 Å². The maximum Gasteiger partial charge on any atom is 0.0837 e. The first kappa shape index (κ1) is 8.92. The summed E-state index contributed by atoms with van der Waals surface area (Å²) in [5, 5.41) is 1.86. The lowest BCUT2D eigenvalue weighted by molar-refractivity contribution is 0.405. The van der Waals surface area contributed by atoms with Crippen LogP contribution in [0.25, 0.3) is 21.8 Å². The van der Waals surface area contributed by atoms with Gasteiger partial charge in [-0.1, -0.05) is 44.7 Å². The number of fused-ring (bicyclic) bond motifs is 3. The average Bonchev–Trinajstić information content (AvgIpc) is 2.55. The Kier molecular flexibility index (Phi) is 1.83. The van der Waals surface area contributed by atoms with Gasteiger partial charge in [0, 0.05) is 15.2 Å². The molecule has 0 amide bonds. The smallest absolute Gasteiger partial charge is 0.0837 e. The van der Waals surface area contributed by atoms with Gasteiger partial charge in [-0.05, 0) is 18.2 Å². The molecule has 0 unspecified atom stereocenters. The van der Waals surface area contributed by atoms with Crippen molar-refractivity contribution >= 4 is 37.7 Å². The molecule has 74 valence electrons. The molecule has 2 aromatic carbocycles. The van der Waals surface area contributed by atoms with Gasteiger partial charge in [-0.3, -0.25) is 0 Å². The van der Waals surface area contributed by atoms with Crippen molar-refractivity contribution in [3.63, 3.8) is 0 Å². The molecular formula is C12H7BrFN. The molecule has 1 nitrogen and oxygen atoms in total. The zero-order chi connectivity index (χ0) is 10.4. The lowest BCUT2D eigenvalue weighted by atomic mass is 10.2. The van der Waals surface area contributed by atoms with Crippen LogP contribution in [-0.2, 0) is 0 Å². The summed E-state index contributed by atoms with van der Waals surface area (Å²) >= 11 is 3.45. The predicted octanol–water partition coefficient (Wildman–Crippen LogP) is 4.29. The molecule has 3 aromatic rings. The monoisotopic (exact) mass is 263 g/mol. The Bertz CT molecular complexity index is 657. The molecule has 0 aliphatic rings. The first-order valence-electron chi connectivity index (χ1n) is 4.63. The minimum absolute atomic E-state index is 0.602. The van der Waals surface area contributed by atoms with Gasteiger partial charge >= 0.3 is 0 Å². The maximum absolute atomic E-state index is 13.9. The van der Waals surface area contributed by atoms with E-state index in [-0.39, 0.29) is 0 Å². The zero-order valence-corrected chi connectivity index (χ0v) is 9.33. The standard InChI is InChI=1S/C12H7BrFN/c13-9-5-3-7-11-12(9)8-4-1-2-6-10(8)15(11)14/h1-7H. The van der Waals surface area contributed by atoms with E-state index in [0.29, 0.717) is 11.0 Å². The molecule has 0 N–H and O–H groups in total. The van der Waals surface area contributed by atoms with Gasteiger partial charge < -0.3 is 0 Å². The van der Waals surface area contributed by atoms with Crippen molar-refractivity contribution < 1.29 is 4.48 Å². The first-order chi connectivity index (χ1) is 7.29. The lowest BCUT2D eigenvalue weighted by Gasteiger charge is -1.93. The third kappa shape index (κ3) is 1.13. The second-order valence-electron chi connectivity index (χ2n) is 3.43. The van der Waals surface area contributed by atoms with Gasteiger partial charge in [0.1, 0.15) is 0 Å². The fraction of sp³-hybridized carbons (Fsp3) is 0. The van der Waals surface area contributed by atoms with Gasteiger partial charge in [0.05, 0.1) is 11.0 Å². The molecule has 0 spiro atoms. The van der Waals surface area contributed by atoms with Crippen LogP contribution in [0.5, 0.6) is 0 Å². The summed E-state index contributed by atoms with van der Waals surface area (Å²) in [4.78, 5) is 0.732. The highest BCUT2D eigenvalue weighted by molar-refractivity contribution is 9.10. The van der Waals surface area contributed by atoms with Crippen LogP contribution in [0.4, 0.5) is 4.48 Å². The quantitative estimate of drug-likeness (QED) is 0.570. The first-order valence-corrected chi connectivity index (χ1v) is 5.42. The van der Waals surface area contributed by atoms with E-state index in [0.717, 1.165) is 20.0 Å². The van der Waals surface area contributed by atoms with Crippen LogP contribution < -0.4 is 0 Å². The van der Waals surface area contributed by atoms with Gasteiger partial charge in [0.2, 0.25) is 0 Å². The Balaban J connectivity index is 2.70. The molecule has 0 saturated carbocycles. The van der Waals surface area contributed by atoms with Crippen molar-refractivity contribution in [3.05, 3.63) is 46.9 Å².